The normalized spacial score (nSPS) is 11.3. The number of azide groups is 1. The Morgan fingerprint density at radius 3 is 2.86 bits per heavy atom. The number of unbranched alkanes of at least 4 members (excludes halogenated alkanes) is 1. The number of carbonyl (C=O) groups is 1. The highest BCUT2D eigenvalue weighted by Gasteiger charge is 2.14. The van der Waals surface area contributed by atoms with Gasteiger partial charge < -0.3 is 16.2 Å². The van der Waals surface area contributed by atoms with Crippen LogP contribution in [0, 0.1) is 10.1 Å². The van der Waals surface area contributed by atoms with Gasteiger partial charge in [0.15, 0.2) is 0 Å². The summed E-state index contributed by atoms with van der Waals surface area (Å²) >= 11 is 0. The summed E-state index contributed by atoms with van der Waals surface area (Å²) in [5.41, 5.74) is 14.0. The second kappa shape index (κ2) is 8.45. The van der Waals surface area contributed by atoms with E-state index < -0.39 is 16.9 Å². The number of hydrogen-bond acceptors (Lipinski definition) is 6. The van der Waals surface area contributed by atoms with Crippen LogP contribution in [0.1, 0.15) is 19.3 Å². The molecular formula is C12H16N6O4. The Balaban J connectivity index is 2.57. The minimum atomic E-state index is -1.04. The van der Waals surface area contributed by atoms with Crippen LogP contribution in [0.25, 0.3) is 10.4 Å². The van der Waals surface area contributed by atoms with E-state index in [9.17, 15) is 14.9 Å². The van der Waals surface area contributed by atoms with Gasteiger partial charge in [0.1, 0.15) is 11.7 Å². The molecule has 0 heterocycles. The van der Waals surface area contributed by atoms with E-state index in [4.69, 9.17) is 16.4 Å². The smallest absolute Gasteiger partial charge is 0.320 e. The van der Waals surface area contributed by atoms with Gasteiger partial charge in [0, 0.05) is 23.2 Å². The molecule has 1 rings (SSSR count). The summed E-state index contributed by atoms with van der Waals surface area (Å²) in [7, 11) is 0. The average Bonchev–Trinajstić information content (AvgIpc) is 2.47. The van der Waals surface area contributed by atoms with Crippen LogP contribution in [-0.2, 0) is 4.79 Å². The lowest BCUT2D eigenvalue weighted by Crippen LogP contribution is -2.29. The van der Waals surface area contributed by atoms with Crippen LogP contribution in [0.15, 0.2) is 23.3 Å². The summed E-state index contributed by atoms with van der Waals surface area (Å²) in [6, 6.07) is 3.22. The minimum Gasteiger partial charge on any atom is -0.480 e. The van der Waals surface area contributed by atoms with Crippen molar-refractivity contribution in [3.8, 4) is 0 Å². The number of benzene rings is 1. The van der Waals surface area contributed by atoms with Crippen LogP contribution in [0.4, 0.5) is 17.1 Å². The molecule has 118 valence electrons. The molecule has 1 atom stereocenters. The number of carboxylic acids is 1. The molecule has 0 radical (unpaired) electrons. The number of carboxylic acid groups (broad SMARTS) is 1. The molecule has 0 aliphatic carbocycles. The zero-order valence-electron chi connectivity index (χ0n) is 11.7. The first-order chi connectivity index (χ1) is 10.5. The molecule has 10 heteroatoms. The van der Waals surface area contributed by atoms with Crippen molar-refractivity contribution in [3.63, 3.8) is 0 Å². The SMILES string of the molecule is [N-]=[N+]=Nc1ccc(NCCCCC(N)C(=O)O)c([N+](=O)[O-])c1. The van der Waals surface area contributed by atoms with Crippen LogP contribution in [0.5, 0.6) is 0 Å². The number of rotatable bonds is 9. The third-order valence-corrected chi connectivity index (χ3v) is 2.91. The summed E-state index contributed by atoms with van der Waals surface area (Å²) < 4.78 is 0. The third-order valence-electron chi connectivity index (χ3n) is 2.91. The van der Waals surface area contributed by atoms with Crippen LogP contribution in [0.2, 0.25) is 0 Å². The van der Waals surface area contributed by atoms with E-state index in [0.717, 1.165) is 0 Å². The van der Waals surface area contributed by atoms with Crippen molar-refractivity contribution in [1.29, 1.82) is 0 Å². The lowest BCUT2D eigenvalue weighted by atomic mass is 10.1. The maximum absolute atomic E-state index is 11.0. The van der Waals surface area contributed by atoms with Gasteiger partial charge in [-0.1, -0.05) is 11.2 Å². The Bertz CT molecular complexity index is 599. The van der Waals surface area contributed by atoms with Crippen molar-refractivity contribution < 1.29 is 14.8 Å². The Kier molecular flexibility index (Phi) is 6.61. The highest BCUT2D eigenvalue weighted by molar-refractivity contribution is 5.72. The van der Waals surface area contributed by atoms with E-state index in [2.05, 4.69) is 15.3 Å². The summed E-state index contributed by atoms with van der Waals surface area (Å²) in [5.74, 6) is -1.04. The van der Waals surface area contributed by atoms with Gasteiger partial charge in [0.2, 0.25) is 0 Å². The second-order valence-electron chi connectivity index (χ2n) is 4.52. The van der Waals surface area contributed by atoms with Crippen LogP contribution in [-0.4, -0.2) is 28.6 Å². The fraction of sp³-hybridized carbons (Fsp3) is 0.417. The Hall–Kier alpha value is -2.84. The number of anilines is 1. The molecule has 1 aromatic rings. The van der Waals surface area contributed by atoms with Crippen molar-refractivity contribution >= 4 is 23.0 Å². The van der Waals surface area contributed by atoms with Crippen LogP contribution >= 0.6 is 0 Å². The molecule has 10 nitrogen and oxygen atoms in total. The maximum Gasteiger partial charge on any atom is 0.320 e. The van der Waals surface area contributed by atoms with Gasteiger partial charge in [-0.05, 0) is 30.9 Å². The average molecular weight is 308 g/mol. The fourth-order valence-electron chi connectivity index (χ4n) is 1.77. The molecule has 0 aromatic heterocycles. The Labute approximate surface area is 125 Å². The molecule has 0 bridgehead atoms. The molecule has 22 heavy (non-hydrogen) atoms. The predicted molar refractivity (Wildman–Crippen MR) is 79.9 cm³/mol. The predicted octanol–water partition coefficient (Wildman–Crippen LogP) is 2.53. The molecule has 0 aliphatic heterocycles. The van der Waals surface area contributed by atoms with E-state index in [-0.39, 0.29) is 11.4 Å². The quantitative estimate of drug-likeness (QED) is 0.158. The first-order valence-electron chi connectivity index (χ1n) is 6.51. The van der Waals surface area contributed by atoms with Gasteiger partial charge in [-0.2, -0.15) is 0 Å². The molecule has 0 fully saturated rings. The molecule has 0 spiro atoms. The summed E-state index contributed by atoms with van der Waals surface area (Å²) in [6.07, 6.45) is 1.55. The fourth-order valence-corrected chi connectivity index (χ4v) is 1.77. The number of nitrogens with two attached hydrogens (primary N) is 1. The van der Waals surface area contributed by atoms with E-state index in [1.165, 1.54) is 18.2 Å². The van der Waals surface area contributed by atoms with Gasteiger partial charge >= 0.3 is 5.97 Å². The monoisotopic (exact) mass is 308 g/mol. The number of nitrogens with one attached hydrogen (secondary N) is 1. The van der Waals surface area contributed by atoms with Gasteiger partial charge in [0.05, 0.1) is 4.92 Å². The summed E-state index contributed by atoms with van der Waals surface area (Å²) in [6.45, 7) is 0.439. The van der Waals surface area contributed by atoms with E-state index in [1.54, 1.807) is 0 Å². The first-order valence-corrected chi connectivity index (χ1v) is 6.51. The van der Waals surface area contributed by atoms with Crippen LogP contribution < -0.4 is 11.1 Å². The Morgan fingerprint density at radius 1 is 1.55 bits per heavy atom. The lowest BCUT2D eigenvalue weighted by Gasteiger charge is -2.09. The highest BCUT2D eigenvalue weighted by atomic mass is 16.6. The standard InChI is InChI=1S/C12H16N6O4/c13-9(12(19)20)3-1-2-6-15-10-5-4-8(16-17-14)7-11(10)18(21)22/h4-5,7,9,15H,1-3,6,13H2,(H,19,20). The molecule has 4 N–H and O–H groups in total. The van der Waals surface area contributed by atoms with Crippen molar-refractivity contribution in [1.82, 2.24) is 0 Å². The van der Waals surface area contributed by atoms with Crippen molar-refractivity contribution in [2.24, 2.45) is 10.8 Å². The number of nitro groups is 1. The Morgan fingerprint density at radius 2 is 2.27 bits per heavy atom. The topological polar surface area (TPSA) is 167 Å². The zero-order chi connectivity index (χ0) is 16.5. The molecule has 1 unspecified atom stereocenters. The van der Waals surface area contributed by atoms with Crippen LogP contribution in [0.3, 0.4) is 0 Å². The number of hydrogen-bond donors (Lipinski definition) is 3. The summed E-state index contributed by atoms with van der Waals surface area (Å²) in [5, 5.41) is 25.8. The maximum atomic E-state index is 11.0. The summed E-state index contributed by atoms with van der Waals surface area (Å²) in [4.78, 5) is 23.5. The van der Waals surface area contributed by atoms with Crippen molar-refractivity contribution in [2.75, 3.05) is 11.9 Å². The largest absolute Gasteiger partial charge is 0.480 e. The molecule has 0 saturated carbocycles. The van der Waals surface area contributed by atoms with Crippen molar-refractivity contribution in [2.45, 2.75) is 25.3 Å². The molecule has 0 saturated heterocycles. The van der Waals surface area contributed by atoms with E-state index >= 15 is 0 Å². The van der Waals surface area contributed by atoms with Gasteiger partial charge in [-0.15, -0.1) is 0 Å². The molecular weight excluding hydrogens is 292 g/mol. The highest BCUT2D eigenvalue weighted by Crippen LogP contribution is 2.29. The lowest BCUT2D eigenvalue weighted by molar-refractivity contribution is -0.383. The van der Waals surface area contributed by atoms with Crippen molar-refractivity contribution in [3.05, 3.63) is 38.8 Å². The first kappa shape index (κ1) is 17.2. The van der Waals surface area contributed by atoms with Gasteiger partial charge in [-0.3, -0.25) is 14.9 Å². The van der Waals surface area contributed by atoms with Gasteiger partial charge in [0.25, 0.3) is 5.69 Å². The minimum absolute atomic E-state index is 0.159. The zero-order valence-corrected chi connectivity index (χ0v) is 11.7. The second-order valence-corrected chi connectivity index (χ2v) is 4.52. The molecule has 0 amide bonds. The molecule has 1 aromatic carbocycles. The third kappa shape index (κ3) is 5.27. The number of nitro benzene ring substituents is 1. The molecule has 0 aliphatic rings. The van der Waals surface area contributed by atoms with E-state index in [0.29, 0.717) is 31.5 Å². The number of aliphatic carboxylic acids is 1. The van der Waals surface area contributed by atoms with E-state index in [1.807, 2.05) is 0 Å². The number of nitrogens with zero attached hydrogens (tertiary/aromatic N) is 4. The van der Waals surface area contributed by atoms with Gasteiger partial charge in [-0.25, -0.2) is 0 Å².